The summed E-state index contributed by atoms with van der Waals surface area (Å²) in [4.78, 5) is 4.08. The van der Waals surface area contributed by atoms with Gasteiger partial charge in [0.25, 0.3) is 0 Å². The molecule has 0 atom stereocenters. The first kappa shape index (κ1) is 8.89. The Labute approximate surface area is 62.5 Å². The van der Waals surface area contributed by atoms with Gasteiger partial charge in [-0.2, -0.15) is 0 Å². The molecule has 54 valence electrons. The van der Waals surface area contributed by atoms with Gasteiger partial charge in [0.1, 0.15) is 0 Å². The fourth-order valence-electron chi connectivity index (χ4n) is 0.414. The standard InChI is InChI=1S/C9H13N/c1-5-7-10-9(4)8(3)6-2/h5-7H,1-2H2,3-4H3/b9-8-,10-7?. The van der Waals surface area contributed by atoms with Gasteiger partial charge in [-0.25, -0.2) is 0 Å². The Morgan fingerprint density at radius 3 is 2.30 bits per heavy atom. The monoisotopic (exact) mass is 135 g/mol. The molecule has 0 aliphatic heterocycles. The molecule has 0 heterocycles. The summed E-state index contributed by atoms with van der Waals surface area (Å²) in [6.45, 7) is 11.1. The van der Waals surface area contributed by atoms with Crippen molar-refractivity contribution in [1.82, 2.24) is 0 Å². The number of rotatable bonds is 3. The molecule has 0 spiro atoms. The van der Waals surface area contributed by atoms with Crippen LogP contribution in [0.15, 0.2) is 41.6 Å². The Morgan fingerprint density at radius 2 is 1.90 bits per heavy atom. The lowest BCUT2D eigenvalue weighted by Crippen LogP contribution is -1.75. The molecule has 0 aromatic carbocycles. The van der Waals surface area contributed by atoms with Crippen molar-refractivity contribution < 1.29 is 0 Å². The highest BCUT2D eigenvalue weighted by Gasteiger charge is 1.85. The highest BCUT2D eigenvalue weighted by Crippen LogP contribution is 2.03. The summed E-state index contributed by atoms with van der Waals surface area (Å²) in [6.07, 6.45) is 5.11. The van der Waals surface area contributed by atoms with E-state index >= 15 is 0 Å². The van der Waals surface area contributed by atoms with Gasteiger partial charge in [-0.1, -0.05) is 25.3 Å². The normalized spacial score (nSPS) is 13.0. The largest absolute Gasteiger partial charge is 0.261 e. The lowest BCUT2D eigenvalue weighted by Gasteiger charge is -1.93. The third-order valence-corrected chi connectivity index (χ3v) is 1.25. The van der Waals surface area contributed by atoms with Gasteiger partial charge in [-0.05, 0) is 19.4 Å². The number of hydrogen-bond donors (Lipinski definition) is 0. The van der Waals surface area contributed by atoms with Crippen molar-refractivity contribution in [2.75, 3.05) is 0 Å². The van der Waals surface area contributed by atoms with Gasteiger partial charge in [0.05, 0.1) is 0 Å². The number of nitrogens with zero attached hydrogens (tertiary/aromatic N) is 1. The fourth-order valence-corrected chi connectivity index (χ4v) is 0.414. The van der Waals surface area contributed by atoms with E-state index in [2.05, 4.69) is 18.2 Å². The number of allylic oxidation sites excluding steroid dienone is 4. The van der Waals surface area contributed by atoms with Crippen molar-refractivity contribution >= 4 is 6.21 Å². The first-order chi connectivity index (χ1) is 4.72. The zero-order chi connectivity index (χ0) is 7.98. The Bertz CT molecular complexity index is 185. The molecule has 0 aromatic rings. The summed E-state index contributed by atoms with van der Waals surface area (Å²) in [5.74, 6) is 0. The van der Waals surface area contributed by atoms with Crippen molar-refractivity contribution in [3.8, 4) is 0 Å². The second-order valence-corrected chi connectivity index (χ2v) is 1.99. The van der Waals surface area contributed by atoms with Crippen molar-refractivity contribution in [2.45, 2.75) is 13.8 Å². The molecule has 0 saturated carbocycles. The quantitative estimate of drug-likeness (QED) is 0.417. The molecule has 0 aliphatic rings. The van der Waals surface area contributed by atoms with E-state index in [1.165, 1.54) is 0 Å². The first-order valence-corrected chi connectivity index (χ1v) is 3.17. The Balaban J connectivity index is 4.31. The summed E-state index contributed by atoms with van der Waals surface area (Å²) in [5, 5.41) is 0. The van der Waals surface area contributed by atoms with Gasteiger partial charge in [0.15, 0.2) is 0 Å². The number of hydrogen-bond acceptors (Lipinski definition) is 1. The molecule has 0 amide bonds. The fraction of sp³-hybridized carbons (Fsp3) is 0.222. The van der Waals surface area contributed by atoms with E-state index in [9.17, 15) is 0 Å². The molecule has 0 unspecified atom stereocenters. The molecule has 0 rings (SSSR count). The molecule has 0 aliphatic carbocycles. The van der Waals surface area contributed by atoms with Crippen LogP contribution in [0.3, 0.4) is 0 Å². The minimum Gasteiger partial charge on any atom is -0.261 e. The Morgan fingerprint density at radius 1 is 1.30 bits per heavy atom. The van der Waals surface area contributed by atoms with Crippen LogP contribution in [-0.2, 0) is 0 Å². The van der Waals surface area contributed by atoms with E-state index in [1.807, 2.05) is 13.8 Å². The van der Waals surface area contributed by atoms with E-state index in [1.54, 1.807) is 18.4 Å². The second kappa shape index (κ2) is 4.74. The van der Waals surface area contributed by atoms with E-state index in [4.69, 9.17) is 0 Å². The van der Waals surface area contributed by atoms with Crippen LogP contribution < -0.4 is 0 Å². The maximum Gasteiger partial charge on any atom is 0.0401 e. The zero-order valence-electron chi connectivity index (χ0n) is 6.59. The van der Waals surface area contributed by atoms with Crippen molar-refractivity contribution in [2.24, 2.45) is 4.99 Å². The van der Waals surface area contributed by atoms with E-state index in [-0.39, 0.29) is 0 Å². The summed E-state index contributed by atoms with van der Waals surface area (Å²) in [7, 11) is 0. The third-order valence-electron chi connectivity index (χ3n) is 1.25. The third kappa shape index (κ3) is 3.02. The van der Waals surface area contributed by atoms with Gasteiger partial charge in [0, 0.05) is 11.9 Å². The SMILES string of the molecule is C=CC=N/C(C)=C(/C)C=C. The van der Waals surface area contributed by atoms with Gasteiger partial charge >= 0.3 is 0 Å². The van der Waals surface area contributed by atoms with E-state index in [0.29, 0.717) is 0 Å². The lowest BCUT2D eigenvalue weighted by atomic mass is 10.2. The van der Waals surface area contributed by atoms with E-state index < -0.39 is 0 Å². The summed E-state index contributed by atoms with van der Waals surface area (Å²) < 4.78 is 0. The van der Waals surface area contributed by atoms with Crippen LogP contribution in [0.4, 0.5) is 0 Å². The van der Waals surface area contributed by atoms with Crippen LogP contribution in [0.2, 0.25) is 0 Å². The topological polar surface area (TPSA) is 12.4 Å². The summed E-state index contributed by atoms with van der Waals surface area (Å²) in [5.41, 5.74) is 2.08. The average Bonchev–Trinajstić information content (AvgIpc) is 1.98. The highest BCUT2D eigenvalue weighted by molar-refractivity contribution is 5.71. The average molecular weight is 135 g/mol. The molecule has 0 aromatic heterocycles. The van der Waals surface area contributed by atoms with Gasteiger partial charge in [-0.15, -0.1) is 0 Å². The molecular formula is C9H13N. The Kier molecular flexibility index (Phi) is 4.21. The van der Waals surface area contributed by atoms with Gasteiger partial charge in [-0.3, -0.25) is 4.99 Å². The van der Waals surface area contributed by atoms with Gasteiger partial charge in [0.2, 0.25) is 0 Å². The van der Waals surface area contributed by atoms with Crippen molar-refractivity contribution in [1.29, 1.82) is 0 Å². The first-order valence-electron chi connectivity index (χ1n) is 3.17. The zero-order valence-corrected chi connectivity index (χ0v) is 6.59. The predicted octanol–water partition coefficient (Wildman–Crippen LogP) is 2.72. The second-order valence-electron chi connectivity index (χ2n) is 1.99. The van der Waals surface area contributed by atoms with Crippen LogP contribution in [-0.4, -0.2) is 6.21 Å². The van der Waals surface area contributed by atoms with Gasteiger partial charge < -0.3 is 0 Å². The van der Waals surface area contributed by atoms with Crippen LogP contribution in [0.5, 0.6) is 0 Å². The number of aliphatic imine (C=N–C) groups is 1. The highest BCUT2D eigenvalue weighted by atomic mass is 14.7. The smallest absolute Gasteiger partial charge is 0.0401 e. The molecule has 0 fully saturated rings. The van der Waals surface area contributed by atoms with E-state index in [0.717, 1.165) is 11.3 Å². The predicted molar refractivity (Wildman–Crippen MR) is 47.3 cm³/mol. The minimum absolute atomic E-state index is 0.981. The molecule has 10 heavy (non-hydrogen) atoms. The Hall–Kier alpha value is -1.11. The molecule has 1 heteroatoms. The van der Waals surface area contributed by atoms with Crippen molar-refractivity contribution in [3.63, 3.8) is 0 Å². The molecule has 1 nitrogen and oxygen atoms in total. The van der Waals surface area contributed by atoms with Crippen LogP contribution in [0, 0.1) is 0 Å². The van der Waals surface area contributed by atoms with Crippen LogP contribution in [0.25, 0.3) is 0 Å². The molecule has 0 bridgehead atoms. The molecule has 0 N–H and O–H groups in total. The summed E-state index contributed by atoms with van der Waals surface area (Å²) >= 11 is 0. The van der Waals surface area contributed by atoms with Crippen LogP contribution >= 0.6 is 0 Å². The van der Waals surface area contributed by atoms with Crippen molar-refractivity contribution in [3.05, 3.63) is 36.6 Å². The molecule has 0 radical (unpaired) electrons. The maximum absolute atomic E-state index is 4.08. The maximum atomic E-state index is 4.08. The summed E-state index contributed by atoms with van der Waals surface area (Å²) in [6, 6.07) is 0. The molecular weight excluding hydrogens is 122 g/mol. The lowest BCUT2D eigenvalue weighted by molar-refractivity contribution is 1.24. The minimum atomic E-state index is 0.981. The molecule has 0 saturated heterocycles. The van der Waals surface area contributed by atoms with Crippen LogP contribution in [0.1, 0.15) is 13.8 Å².